The smallest absolute Gasteiger partial charge is 0.331 e. The maximum absolute atomic E-state index is 11.5. The lowest BCUT2D eigenvalue weighted by molar-refractivity contribution is -0.152. The molecule has 0 saturated heterocycles. The number of esters is 1. The summed E-state index contributed by atoms with van der Waals surface area (Å²) in [5.74, 6) is -0.548. The van der Waals surface area contributed by atoms with E-state index >= 15 is 0 Å². The summed E-state index contributed by atoms with van der Waals surface area (Å²) in [6, 6.07) is 0. The highest BCUT2D eigenvalue weighted by Crippen LogP contribution is 2.06. The molecular weight excluding hydrogens is 194 g/mol. The van der Waals surface area contributed by atoms with E-state index in [9.17, 15) is 9.59 Å². The number of hydrogen-bond acceptors (Lipinski definition) is 3. The first-order chi connectivity index (χ1) is 6.79. The van der Waals surface area contributed by atoms with Crippen LogP contribution in [0.1, 0.15) is 27.7 Å². The molecule has 0 aromatic carbocycles. The third kappa shape index (κ3) is 5.20. The minimum absolute atomic E-state index is 0.278. The molecule has 0 bridgehead atoms. The van der Waals surface area contributed by atoms with Gasteiger partial charge in [-0.25, -0.2) is 4.79 Å². The molecule has 1 N–H and O–H groups in total. The Kier molecular flexibility index (Phi) is 5.05. The fourth-order valence-electron chi connectivity index (χ4n) is 0.833. The van der Waals surface area contributed by atoms with Crippen molar-refractivity contribution in [3.8, 4) is 0 Å². The second-order valence-electron chi connectivity index (χ2n) is 4.31. The van der Waals surface area contributed by atoms with Crippen LogP contribution in [0.2, 0.25) is 0 Å². The van der Waals surface area contributed by atoms with Crippen molar-refractivity contribution in [2.45, 2.75) is 33.2 Å². The highest BCUT2D eigenvalue weighted by molar-refractivity contribution is 5.92. The van der Waals surface area contributed by atoms with Crippen LogP contribution in [-0.4, -0.2) is 24.0 Å². The van der Waals surface area contributed by atoms with Crippen LogP contribution in [0.25, 0.3) is 0 Å². The molecular formula is C11H19NO3. The molecule has 0 fully saturated rings. The van der Waals surface area contributed by atoms with Gasteiger partial charge < -0.3 is 10.1 Å². The summed E-state index contributed by atoms with van der Waals surface area (Å²) in [7, 11) is 0. The van der Waals surface area contributed by atoms with Gasteiger partial charge in [0.1, 0.15) is 5.54 Å². The first-order valence-electron chi connectivity index (χ1n) is 4.91. The van der Waals surface area contributed by atoms with Crippen molar-refractivity contribution >= 4 is 11.9 Å². The summed E-state index contributed by atoms with van der Waals surface area (Å²) in [6.45, 7) is 10.8. The standard InChI is InChI=1S/C11H19NO3/c1-6-9(13)12-11(4,5)10(14)15-7-8(2)3/h6,8H,1,7H2,2-5H3,(H,12,13). The Hall–Kier alpha value is -1.32. The lowest BCUT2D eigenvalue weighted by Gasteiger charge is -2.23. The fraction of sp³-hybridized carbons (Fsp3) is 0.636. The van der Waals surface area contributed by atoms with Crippen LogP contribution in [0.3, 0.4) is 0 Å². The van der Waals surface area contributed by atoms with E-state index < -0.39 is 11.5 Å². The van der Waals surface area contributed by atoms with E-state index in [-0.39, 0.29) is 11.8 Å². The van der Waals surface area contributed by atoms with Crippen molar-refractivity contribution in [2.24, 2.45) is 5.92 Å². The number of amides is 1. The maximum Gasteiger partial charge on any atom is 0.331 e. The Morgan fingerprint density at radius 3 is 2.40 bits per heavy atom. The zero-order valence-corrected chi connectivity index (χ0v) is 9.79. The topological polar surface area (TPSA) is 55.4 Å². The molecule has 0 aromatic rings. The molecule has 0 aliphatic heterocycles. The monoisotopic (exact) mass is 213 g/mol. The van der Waals surface area contributed by atoms with E-state index in [1.54, 1.807) is 13.8 Å². The van der Waals surface area contributed by atoms with Crippen LogP contribution in [-0.2, 0) is 14.3 Å². The highest BCUT2D eigenvalue weighted by atomic mass is 16.5. The number of carbonyl (C=O) groups excluding carboxylic acids is 2. The molecule has 4 heteroatoms. The molecule has 0 radical (unpaired) electrons. The van der Waals surface area contributed by atoms with Gasteiger partial charge in [-0.15, -0.1) is 0 Å². The maximum atomic E-state index is 11.5. The Labute approximate surface area is 90.7 Å². The van der Waals surface area contributed by atoms with Crippen molar-refractivity contribution in [3.63, 3.8) is 0 Å². The largest absolute Gasteiger partial charge is 0.464 e. The third-order valence-corrected chi connectivity index (χ3v) is 1.68. The van der Waals surface area contributed by atoms with E-state index in [1.807, 2.05) is 13.8 Å². The molecule has 0 saturated carbocycles. The predicted octanol–water partition coefficient (Wildman–Crippen LogP) is 1.27. The second-order valence-corrected chi connectivity index (χ2v) is 4.31. The van der Waals surface area contributed by atoms with Crippen molar-refractivity contribution in [2.75, 3.05) is 6.61 Å². The van der Waals surface area contributed by atoms with Crippen LogP contribution < -0.4 is 5.32 Å². The van der Waals surface area contributed by atoms with E-state index in [0.717, 1.165) is 6.08 Å². The second kappa shape index (κ2) is 5.53. The van der Waals surface area contributed by atoms with Gasteiger partial charge >= 0.3 is 5.97 Å². The molecule has 0 aliphatic rings. The molecule has 15 heavy (non-hydrogen) atoms. The molecule has 0 atom stereocenters. The molecule has 0 rings (SSSR count). The summed E-state index contributed by atoms with van der Waals surface area (Å²) in [5.41, 5.74) is -1.01. The van der Waals surface area contributed by atoms with Crippen molar-refractivity contribution < 1.29 is 14.3 Å². The van der Waals surface area contributed by atoms with Crippen LogP contribution >= 0.6 is 0 Å². The molecule has 0 aliphatic carbocycles. The van der Waals surface area contributed by atoms with Crippen LogP contribution in [0.15, 0.2) is 12.7 Å². The lowest BCUT2D eigenvalue weighted by atomic mass is 10.1. The summed E-state index contributed by atoms with van der Waals surface area (Å²) in [5, 5.41) is 2.50. The van der Waals surface area contributed by atoms with Crippen LogP contribution in [0, 0.1) is 5.92 Å². The average molecular weight is 213 g/mol. The Balaban J connectivity index is 4.25. The zero-order valence-electron chi connectivity index (χ0n) is 9.79. The quantitative estimate of drug-likeness (QED) is 0.552. The van der Waals surface area contributed by atoms with Gasteiger partial charge in [-0.2, -0.15) is 0 Å². The highest BCUT2D eigenvalue weighted by Gasteiger charge is 2.30. The van der Waals surface area contributed by atoms with Crippen LogP contribution in [0.4, 0.5) is 0 Å². The van der Waals surface area contributed by atoms with Gasteiger partial charge in [0, 0.05) is 0 Å². The molecule has 0 unspecified atom stereocenters. The van der Waals surface area contributed by atoms with Crippen molar-refractivity contribution in [3.05, 3.63) is 12.7 Å². The number of rotatable bonds is 5. The number of hydrogen-bond donors (Lipinski definition) is 1. The minimum atomic E-state index is -1.01. The molecule has 0 spiro atoms. The number of ether oxygens (including phenoxy) is 1. The summed E-state index contributed by atoms with van der Waals surface area (Å²) in [6.07, 6.45) is 1.12. The van der Waals surface area contributed by atoms with Gasteiger partial charge in [0.15, 0.2) is 0 Å². The van der Waals surface area contributed by atoms with E-state index in [4.69, 9.17) is 4.74 Å². The number of nitrogens with one attached hydrogen (secondary N) is 1. The SMILES string of the molecule is C=CC(=O)NC(C)(C)C(=O)OCC(C)C. The van der Waals surface area contributed by atoms with Crippen molar-refractivity contribution in [1.29, 1.82) is 0 Å². The Morgan fingerprint density at radius 1 is 1.47 bits per heavy atom. The van der Waals surface area contributed by atoms with Gasteiger partial charge in [0.05, 0.1) is 6.61 Å². The molecule has 1 amide bonds. The lowest BCUT2D eigenvalue weighted by Crippen LogP contribution is -2.50. The fourth-order valence-corrected chi connectivity index (χ4v) is 0.833. The third-order valence-electron chi connectivity index (χ3n) is 1.68. The summed E-state index contributed by atoms with van der Waals surface area (Å²) >= 11 is 0. The van der Waals surface area contributed by atoms with Gasteiger partial charge in [0.25, 0.3) is 0 Å². The van der Waals surface area contributed by atoms with E-state index in [2.05, 4.69) is 11.9 Å². The van der Waals surface area contributed by atoms with Crippen LogP contribution in [0.5, 0.6) is 0 Å². The zero-order chi connectivity index (χ0) is 12.1. The first kappa shape index (κ1) is 13.7. The van der Waals surface area contributed by atoms with E-state index in [1.165, 1.54) is 0 Å². The molecule has 0 aromatic heterocycles. The number of carbonyl (C=O) groups is 2. The molecule has 86 valence electrons. The van der Waals surface area contributed by atoms with Gasteiger partial charge in [-0.05, 0) is 25.8 Å². The minimum Gasteiger partial charge on any atom is -0.464 e. The van der Waals surface area contributed by atoms with Gasteiger partial charge in [0.2, 0.25) is 5.91 Å². The van der Waals surface area contributed by atoms with Crippen molar-refractivity contribution in [1.82, 2.24) is 5.32 Å². The normalized spacial score (nSPS) is 11.0. The van der Waals surface area contributed by atoms with E-state index in [0.29, 0.717) is 6.61 Å². The Morgan fingerprint density at radius 2 is 2.00 bits per heavy atom. The Bertz CT molecular complexity index is 257. The van der Waals surface area contributed by atoms with Gasteiger partial charge in [-0.3, -0.25) is 4.79 Å². The summed E-state index contributed by atoms with van der Waals surface area (Å²) < 4.78 is 5.03. The molecule has 0 heterocycles. The summed E-state index contributed by atoms with van der Waals surface area (Å²) in [4.78, 5) is 22.6. The van der Waals surface area contributed by atoms with Gasteiger partial charge in [-0.1, -0.05) is 20.4 Å². The predicted molar refractivity (Wildman–Crippen MR) is 58.2 cm³/mol. The molecule has 4 nitrogen and oxygen atoms in total. The average Bonchev–Trinajstić information content (AvgIpc) is 2.13. The first-order valence-corrected chi connectivity index (χ1v) is 4.91.